The molecule has 2 rings (SSSR count). The van der Waals surface area contributed by atoms with Crippen LogP contribution in [0, 0.1) is 6.92 Å². The Hall–Kier alpha value is -2.78. The molecule has 0 heterocycles. The van der Waals surface area contributed by atoms with E-state index in [1.807, 2.05) is 13.8 Å². The van der Waals surface area contributed by atoms with Gasteiger partial charge in [0, 0.05) is 17.6 Å². The Kier molecular flexibility index (Phi) is 9.97. The molecule has 0 aliphatic carbocycles. The summed E-state index contributed by atoms with van der Waals surface area (Å²) in [4.78, 5) is 27.9. The lowest BCUT2D eigenvalue weighted by molar-refractivity contribution is -0.139. The molecule has 0 aliphatic rings. The van der Waals surface area contributed by atoms with Gasteiger partial charge < -0.3 is 15.0 Å². The summed E-state index contributed by atoms with van der Waals surface area (Å²) >= 11 is 6.21. The van der Waals surface area contributed by atoms with E-state index in [-0.39, 0.29) is 18.5 Å². The molecule has 2 aromatic rings. The molecule has 2 atom stereocenters. The molecule has 0 unspecified atom stereocenters. The highest BCUT2D eigenvalue weighted by Crippen LogP contribution is 2.28. The zero-order valence-corrected chi connectivity index (χ0v) is 22.6. The van der Waals surface area contributed by atoms with Gasteiger partial charge in [0.1, 0.15) is 18.3 Å². The van der Waals surface area contributed by atoms with E-state index >= 15 is 0 Å². The molecule has 0 spiro atoms. The van der Waals surface area contributed by atoms with E-state index in [1.165, 1.54) is 4.90 Å². The van der Waals surface area contributed by atoms with E-state index in [2.05, 4.69) is 5.32 Å². The second kappa shape index (κ2) is 12.3. The minimum absolute atomic E-state index is 0.0653. The molecule has 0 aliphatic heterocycles. The lowest BCUT2D eigenvalue weighted by Gasteiger charge is -2.32. The van der Waals surface area contributed by atoms with Gasteiger partial charge in [0.05, 0.1) is 19.1 Å². The topological polar surface area (TPSA) is 96.0 Å². The van der Waals surface area contributed by atoms with Crippen molar-refractivity contribution in [3.8, 4) is 5.75 Å². The molecule has 35 heavy (non-hydrogen) atoms. The largest absolute Gasteiger partial charge is 0.497 e. The fraction of sp³-hybridized carbons (Fsp3) is 0.440. The molecule has 8 nitrogen and oxygen atoms in total. The van der Waals surface area contributed by atoms with Crippen LogP contribution in [-0.2, 0) is 26.2 Å². The summed E-state index contributed by atoms with van der Waals surface area (Å²) in [5.74, 6) is -0.169. The lowest BCUT2D eigenvalue weighted by Crippen LogP contribution is -2.52. The summed E-state index contributed by atoms with van der Waals surface area (Å²) in [5, 5.41) is 3.29. The molecule has 2 amide bonds. The van der Waals surface area contributed by atoms with E-state index in [0.717, 1.165) is 22.5 Å². The first-order valence-electron chi connectivity index (χ1n) is 11.3. The Balaban J connectivity index is 2.42. The van der Waals surface area contributed by atoms with Crippen molar-refractivity contribution in [2.45, 2.75) is 52.7 Å². The van der Waals surface area contributed by atoms with Crippen LogP contribution in [0.3, 0.4) is 0 Å². The van der Waals surface area contributed by atoms with E-state index in [4.69, 9.17) is 16.3 Å². The molecular weight excluding hydrogens is 490 g/mol. The first kappa shape index (κ1) is 28.5. The number of hydrogen-bond acceptors (Lipinski definition) is 5. The zero-order chi connectivity index (χ0) is 26.3. The number of carbonyl (C=O) groups is 2. The number of rotatable bonds is 11. The molecule has 1 N–H and O–H groups in total. The van der Waals surface area contributed by atoms with Crippen molar-refractivity contribution >= 4 is 39.1 Å². The Morgan fingerprint density at radius 1 is 1.11 bits per heavy atom. The van der Waals surface area contributed by atoms with Crippen molar-refractivity contribution < 1.29 is 22.7 Å². The third kappa shape index (κ3) is 7.60. The van der Waals surface area contributed by atoms with Gasteiger partial charge in [0.2, 0.25) is 21.8 Å². The van der Waals surface area contributed by atoms with Crippen LogP contribution in [0.15, 0.2) is 42.5 Å². The van der Waals surface area contributed by atoms with Crippen molar-refractivity contribution in [1.29, 1.82) is 0 Å². The van der Waals surface area contributed by atoms with E-state index < -0.39 is 28.5 Å². The van der Waals surface area contributed by atoms with Gasteiger partial charge in [0.25, 0.3) is 0 Å². The number of amides is 2. The Morgan fingerprint density at radius 2 is 1.74 bits per heavy atom. The van der Waals surface area contributed by atoms with Crippen molar-refractivity contribution in [3.63, 3.8) is 0 Å². The first-order valence-corrected chi connectivity index (χ1v) is 13.6. The molecular formula is C25H34ClN3O5S. The first-order chi connectivity index (χ1) is 16.4. The van der Waals surface area contributed by atoms with Gasteiger partial charge >= 0.3 is 0 Å². The van der Waals surface area contributed by atoms with Crippen molar-refractivity contribution in [2.75, 3.05) is 24.2 Å². The minimum Gasteiger partial charge on any atom is -0.497 e. The molecule has 0 radical (unpaired) electrons. The second-order valence-electron chi connectivity index (χ2n) is 8.52. The molecule has 192 valence electrons. The lowest BCUT2D eigenvalue weighted by atomic mass is 10.1. The van der Waals surface area contributed by atoms with Crippen LogP contribution in [0.25, 0.3) is 0 Å². The molecule has 0 aromatic heterocycles. The maximum Gasteiger partial charge on any atom is 0.244 e. The number of nitrogens with one attached hydrogen (secondary N) is 1. The highest BCUT2D eigenvalue weighted by Gasteiger charge is 2.31. The van der Waals surface area contributed by atoms with Crippen LogP contribution in [-0.4, -0.2) is 57.1 Å². The van der Waals surface area contributed by atoms with Gasteiger partial charge in [-0.05, 0) is 62.6 Å². The normalized spacial score (nSPS) is 13.0. The molecule has 2 aromatic carbocycles. The predicted molar refractivity (Wildman–Crippen MR) is 139 cm³/mol. The van der Waals surface area contributed by atoms with Crippen molar-refractivity contribution in [1.82, 2.24) is 10.2 Å². The second-order valence-corrected chi connectivity index (χ2v) is 10.8. The number of carbonyl (C=O) groups excluding carboxylic acids is 2. The van der Waals surface area contributed by atoms with Crippen LogP contribution < -0.4 is 14.4 Å². The highest BCUT2D eigenvalue weighted by atomic mass is 35.5. The standard InChI is InChI=1S/C25H34ClN3O5S/c1-7-17(2)27-25(31)19(4)28(15-20-11-13-21(34-5)14-12-20)24(30)16-29(35(6,32)33)23-10-8-9-22(26)18(23)3/h8-14,17,19H,7,15-16H2,1-6H3,(H,27,31)/t17-,19+/m1/s1. The Labute approximate surface area is 213 Å². The van der Waals surface area contributed by atoms with Crippen LogP contribution >= 0.6 is 11.6 Å². The quantitative estimate of drug-likeness (QED) is 0.484. The minimum atomic E-state index is -3.83. The van der Waals surface area contributed by atoms with Gasteiger partial charge in [-0.1, -0.05) is 36.7 Å². The molecule has 0 saturated carbocycles. The summed E-state index contributed by atoms with van der Waals surface area (Å²) in [6.45, 7) is 6.80. The number of halogens is 1. The third-order valence-electron chi connectivity index (χ3n) is 5.87. The van der Waals surface area contributed by atoms with Gasteiger partial charge in [0.15, 0.2) is 0 Å². The maximum atomic E-state index is 13.6. The van der Waals surface area contributed by atoms with Gasteiger partial charge in [-0.25, -0.2) is 8.42 Å². The van der Waals surface area contributed by atoms with E-state index in [9.17, 15) is 18.0 Å². The number of methoxy groups -OCH3 is 1. The van der Waals surface area contributed by atoms with Gasteiger partial charge in [-0.2, -0.15) is 0 Å². The van der Waals surface area contributed by atoms with E-state index in [0.29, 0.717) is 22.0 Å². The average Bonchev–Trinajstić information content (AvgIpc) is 2.81. The van der Waals surface area contributed by atoms with Crippen molar-refractivity contribution in [3.05, 3.63) is 58.6 Å². The monoisotopic (exact) mass is 523 g/mol. The number of hydrogen-bond donors (Lipinski definition) is 1. The van der Waals surface area contributed by atoms with E-state index in [1.54, 1.807) is 63.4 Å². The van der Waals surface area contributed by atoms with Gasteiger partial charge in [-0.15, -0.1) is 0 Å². The van der Waals surface area contributed by atoms with Gasteiger partial charge in [-0.3, -0.25) is 13.9 Å². The predicted octanol–water partition coefficient (Wildman–Crippen LogP) is 3.76. The summed E-state index contributed by atoms with van der Waals surface area (Å²) in [6.07, 6.45) is 1.77. The number of sulfonamides is 1. The summed E-state index contributed by atoms with van der Waals surface area (Å²) in [7, 11) is -2.27. The van der Waals surface area contributed by atoms with Crippen LogP contribution in [0.4, 0.5) is 5.69 Å². The SMILES string of the molecule is CC[C@@H](C)NC(=O)[C@H](C)N(Cc1ccc(OC)cc1)C(=O)CN(c1cccc(Cl)c1C)S(C)(=O)=O. The number of anilines is 1. The highest BCUT2D eigenvalue weighted by molar-refractivity contribution is 7.92. The summed E-state index contributed by atoms with van der Waals surface area (Å²) in [5.41, 5.74) is 1.62. The third-order valence-corrected chi connectivity index (χ3v) is 7.40. The molecule has 0 fully saturated rings. The number of ether oxygens (including phenoxy) is 1. The zero-order valence-electron chi connectivity index (χ0n) is 21.0. The van der Waals surface area contributed by atoms with Crippen LogP contribution in [0.1, 0.15) is 38.3 Å². The fourth-order valence-corrected chi connectivity index (χ4v) is 4.51. The Bertz CT molecular complexity index is 1140. The molecule has 0 saturated heterocycles. The smallest absolute Gasteiger partial charge is 0.244 e. The molecule has 0 bridgehead atoms. The molecule has 10 heteroatoms. The summed E-state index contributed by atoms with van der Waals surface area (Å²) in [6, 6.07) is 11.1. The Morgan fingerprint density at radius 3 is 2.29 bits per heavy atom. The van der Waals surface area contributed by atoms with Crippen LogP contribution in [0.5, 0.6) is 5.75 Å². The maximum absolute atomic E-state index is 13.6. The number of nitrogens with zero attached hydrogens (tertiary/aromatic N) is 2. The van der Waals surface area contributed by atoms with Crippen molar-refractivity contribution in [2.24, 2.45) is 0 Å². The number of benzene rings is 2. The average molecular weight is 524 g/mol. The summed E-state index contributed by atoms with van der Waals surface area (Å²) < 4.78 is 31.6. The fourth-order valence-electron chi connectivity index (χ4n) is 3.44. The van der Waals surface area contributed by atoms with Crippen LogP contribution in [0.2, 0.25) is 5.02 Å².